The van der Waals surface area contributed by atoms with Gasteiger partial charge in [-0.2, -0.15) is 0 Å². The van der Waals surface area contributed by atoms with Crippen molar-refractivity contribution in [3.8, 4) is 0 Å². The van der Waals surface area contributed by atoms with Crippen LogP contribution in [0.3, 0.4) is 0 Å². The molecular weight excluding hydrogens is 312 g/mol. The molecule has 0 unspecified atom stereocenters. The van der Waals surface area contributed by atoms with E-state index in [0.29, 0.717) is 11.6 Å². The number of amides is 1. The topological polar surface area (TPSA) is 58.1 Å². The van der Waals surface area contributed by atoms with E-state index < -0.39 is 0 Å². The second-order valence-corrected chi connectivity index (χ2v) is 7.14. The summed E-state index contributed by atoms with van der Waals surface area (Å²) in [5.74, 6) is 1.74. The molecule has 0 spiro atoms. The molecule has 5 heteroatoms. The smallest absolute Gasteiger partial charge is 0.276 e. The predicted octanol–water partition coefficient (Wildman–Crippen LogP) is 4.09. The molecule has 1 fully saturated rings. The molecule has 1 aromatic heterocycles. The van der Waals surface area contributed by atoms with Crippen LogP contribution in [0.15, 0.2) is 36.4 Å². The third kappa shape index (κ3) is 4.16. The quantitative estimate of drug-likeness (QED) is 0.912. The Kier molecular flexibility index (Phi) is 5.31. The third-order valence-electron chi connectivity index (χ3n) is 4.82. The maximum Gasteiger partial charge on any atom is 0.276 e. The highest BCUT2D eigenvalue weighted by Crippen LogP contribution is 2.24. The Balaban J connectivity index is 1.69. The molecule has 1 aliphatic heterocycles. The third-order valence-corrected chi connectivity index (χ3v) is 4.82. The molecule has 0 radical (unpaired) electrons. The molecule has 0 saturated carbocycles. The second-order valence-electron chi connectivity index (χ2n) is 7.14. The first-order valence-corrected chi connectivity index (χ1v) is 9.03. The minimum atomic E-state index is -0.223. The SMILES string of the molecule is CC1CCN(c2ccc(C(=O)Nc3ccccc3C(C)C)nn2)CC1. The van der Waals surface area contributed by atoms with E-state index in [9.17, 15) is 4.79 Å². The molecule has 0 bridgehead atoms. The summed E-state index contributed by atoms with van der Waals surface area (Å²) in [6.45, 7) is 8.51. The number of anilines is 2. The van der Waals surface area contributed by atoms with Gasteiger partial charge in [0.05, 0.1) is 0 Å². The van der Waals surface area contributed by atoms with E-state index in [1.807, 2.05) is 30.3 Å². The average molecular weight is 338 g/mol. The van der Waals surface area contributed by atoms with E-state index in [0.717, 1.165) is 36.1 Å². The van der Waals surface area contributed by atoms with Gasteiger partial charge < -0.3 is 10.2 Å². The predicted molar refractivity (Wildman–Crippen MR) is 101 cm³/mol. The fraction of sp³-hybridized carbons (Fsp3) is 0.450. The number of carbonyl (C=O) groups is 1. The summed E-state index contributed by atoms with van der Waals surface area (Å²) in [5.41, 5.74) is 2.29. The minimum absolute atomic E-state index is 0.223. The molecule has 1 saturated heterocycles. The molecule has 0 aliphatic carbocycles. The molecular formula is C20H26N4O. The zero-order chi connectivity index (χ0) is 17.8. The number of benzene rings is 1. The summed E-state index contributed by atoms with van der Waals surface area (Å²) >= 11 is 0. The number of hydrogen-bond donors (Lipinski definition) is 1. The zero-order valence-corrected chi connectivity index (χ0v) is 15.2. The number of aromatic nitrogens is 2. The van der Waals surface area contributed by atoms with Crippen molar-refractivity contribution in [2.75, 3.05) is 23.3 Å². The Morgan fingerprint density at radius 3 is 2.48 bits per heavy atom. The van der Waals surface area contributed by atoms with Gasteiger partial charge in [0, 0.05) is 18.8 Å². The average Bonchev–Trinajstić information content (AvgIpc) is 2.63. The van der Waals surface area contributed by atoms with Crippen molar-refractivity contribution in [2.45, 2.75) is 39.5 Å². The molecule has 1 N–H and O–H groups in total. The van der Waals surface area contributed by atoms with Crippen LogP contribution >= 0.6 is 0 Å². The van der Waals surface area contributed by atoms with E-state index >= 15 is 0 Å². The van der Waals surface area contributed by atoms with Crippen LogP contribution in [0.1, 0.15) is 55.6 Å². The summed E-state index contributed by atoms with van der Waals surface area (Å²) in [7, 11) is 0. The number of para-hydroxylation sites is 1. The Hall–Kier alpha value is -2.43. The van der Waals surface area contributed by atoms with Crippen molar-refractivity contribution in [1.82, 2.24) is 10.2 Å². The minimum Gasteiger partial charge on any atom is -0.355 e. The lowest BCUT2D eigenvalue weighted by Gasteiger charge is -2.30. The van der Waals surface area contributed by atoms with Crippen LogP contribution in [0.5, 0.6) is 0 Å². The Bertz CT molecular complexity index is 719. The molecule has 25 heavy (non-hydrogen) atoms. The van der Waals surface area contributed by atoms with Crippen LogP contribution in [0.25, 0.3) is 0 Å². The lowest BCUT2D eigenvalue weighted by Crippen LogP contribution is -2.33. The number of rotatable bonds is 4. The highest BCUT2D eigenvalue weighted by atomic mass is 16.1. The zero-order valence-electron chi connectivity index (χ0n) is 15.2. The summed E-state index contributed by atoms with van der Waals surface area (Å²) in [5, 5.41) is 11.4. The standard InChI is InChI=1S/C20H26N4O/c1-14(2)16-6-4-5-7-17(16)21-20(25)18-8-9-19(23-22-18)24-12-10-15(3)11-13-24/h4-9,14-15H,10-13H2,1-3H3,(H,21,25). The molecule has 132 valence electrons. The molecule has 5 nitrogen and oxygen atoms in total. The maximum atomic E-state index is 12.5. The van der Waals surface area contributed by atoms with Gasteiger partial charge in [-0.3, -0.25) is 4.79 Å². The van der Waals surface area contributed by atoms with E-state index in [2.05, 4.69) is 41.2 Å². The monoisotopic (exact) mass is 338 g/mol. The van der Waals surface area contributed by atoms with Crippen molar-refractivity contribution < 1.29 is 4.79 Å². The fourth-order valence-corrected chi connectivity index (χ4v) is 3.15. The molecule has 1 aliphatic rings. The Morgan fingerprint density at radius 1 is 1.12 bits per heavy atom. The van der Waals surface area contributed by atoms with Crippen LogP contribution in [0.4, 0.5) is 11.5 Å². The first-order valence-electron chi connectivity index (χ1n) is 9.03. The number of nitrogens with zero attached hydrogens (tertiary/aromatic N) is 3. The van der Waals surface area contributed by atoms with E-state index in [1.165, 1.54) is 12.8 Å². The maximum absolute atomic E-state index is 12.5. The lowest BCUT2D eigenvalue weighted by molar-refractivity contribution is 0.102. The second kappa shape index (κ2) is 7.64. The fourth-order valence-electron chi connectivity index (χ4n) is 3.15. The molecule has 3 rings (SSSR count). The first kappa shape index (κ1) is 17.4. The summed E-state index contributed by atoms with van der Waals surface area (Å²) < 4.78 is 0. The largest absolute Gasteiger partial charge is 0.355 e. The van der Waals surface area contributed by atoms with Crippen molar-refractivity contribution in [1.29, 1.82) is 0 Å². The van der Waals surface area contributed by atoms with Crippen LogP contribution in [0.2, 0.25) is 0 Å². The van der Waals surface area contributed by atoms with E-state index in [1.54, 1.807) is 6.07 Å². The van der Waals surface area contributed by atoms with Gasteiger partial charge in [-0.05, 0) is 48.4 Å². The lowest BCUT2D eigenvalue weighted by atomic mass is 9.99. The van der Waals surface area contributed by atoms with Crippen LogP contribution in [-0.4, -0.2) is 29.2 Å². The normalized spacial score (nSPS) is 15.4. The molecule has 1 amide bonds. The van der Waals surface area contributed by atoms with Crippen LogP contribution in [0, 0.1) is 5.92 Å². The van der Waals surface area contributed by atoms with E-state index in [4.69, 9.17) is 0 Å². The molecule has 2 aromatic rings. The van der Waals surface area contributed by atoms with Gasteiger partial charge in [-0.25, -0.2) is 0 Å². The molecule has 2 heterocycles. The van der Waals surface area contributed by atoms with Crippen molar-refractivity contribution >= 4 is 17.4 Å². The number of nitrogens with one attached hydrogen (secondary N) is 1. The summed E-state index contributed by atoms with van der Waals surface area (Å²) in [6, 6.07) is 11.5. The van der Waals surface area contributed by atoms with Gasteiger partial charge in [0.15, 0.2) is 11.5 Å². The van der Waals surface area contributed by atoms with Crippen molar-refractivity contribution in [2.24, 2.45) is 5.92 Å². The Morgan fingerprint density at radius 2 is 1.84 bits per heavy atom. The highest BCUT2D eigenvalue weighted by Gasteiger charge is 2.18. The summed E-state index contributed by atoms with van der Waals surface area (Å²) in [6.07, 6.45) is 2.35. The number of hydrogen-bond acceptors (Lipinski definition) is 4. The van der Waals surface area contributed by atoms with Crippen LogP contribution < -0.4 is 10.2 Å². The van der Waals surface area contributed by atoms with E-state index in [-0.39, 0.29) is 5.91 Å². The molecule has 0 atom stereocenters. The van der Waals surface area contributed by atoms with Gasteiger partial charge in [0.25, 0.3) is 5.91 Å². The number of carbonyl (C=O) groups excluding carboxylic acids is 1. The van der Waals surface area contributed by atoms with Gasteiger partial charge in [0.1, 0.15) is 0 Å². The van der Waals surface area contributed by atoms with Gasteiger partial charge in [0.2, 0.25) is 0 Å². The van der Waals surface area contributed by atoms with Crippen molar-refractivity contribution in [3.63, 3.8) is 0 Å². The number of piperidine rings is 1. The Labute approximate surface area is 149 Å². The van der Waals surface area contributed by atoms with Crippen molar-refractivity contribution in [3.05, 3.63) is 47.7 Å². The van der Waals surface area contributed by atoms with Gasteiger partial charge in [-0.1, -0.05) is 39.0 Å². The van der Waals surface area contributed by atoms with Gasteiger partial charge >= 0.3 is 0 Å². The first-order chi connectivity index (χ1) is 12.0. The van der Waals surface area contributed by atoms with Gasteiger partial charge in [-0.15, -0.1) is 10.2 Å². The van der Waals surface area contributed by atoms with Crippen LogP contribution in [-0.2, 0) is 0 Å². The highest BCUT2D eigenvalue weighted by molar-refractivity contribution is 6.03. The summed E-state index contributed by atoms with van der Waals surface area (Å²) in [4.78, 5) is 14.7. The molecule has 1 aromatic carbocycles.